The van der Waals surface area contributed by atoms with Crippen LogP contribution in [0.2, 0.25) is 0 Å². The molecule has 70 valence electrons. The molecule has 3 N–H and O–H groups in total. The van der Waals surface area contributed by atoms with Crippen molar-refractivity contribution in [1.29, 1.82) is 0 Å². The average Bonchev–Trinajstić information content (AvgIpc) is 2.58. The number of nitrogens with two attached hydrogens (primary N) is 1. The van der Waals surface area contributed by atoms with E-state index >= 15 is 0 Å². The largest absolute Gasteiger partial charge is 0.462 e. The summed E-state index contributed by atoms with van der Waals surface area (Å²) < 4.78 is 5.24. The van der Waals surface area contributed by atoms with Gasteiger partial charge in [-0.05, 0) is 18.6 Å². The second-order valence-electron chi connectivity index (χ2n) is 2.64. The van der Waals surface area contributed by atoms with Gasteiger partial charge in [0.2, 0.25) is 0 Å². The van der Waals surface area contributed by atoms with Crippen LogP contribution in [0, 0.1) is 6.92 Å². The van der Waals surface area contributed by atoms with Crippen LogP contribution in [0.15, 0.2) is 22.8 Å². The molecular weight excluding hydrogens is 190 g/mol. The van der Waals surface area contributed by atoms with E-state index in [4.69, 9.17) is 10.2 Å². The summed E-state index contributed by atoms with van der Waals surface area (Å²) in [7, 11) is 0. The van der Waals surface area contributed by atoms with Gasteiger partial charge in [0, 0.05) is 6.07 Å². The smallest absolute Gasteiger partial charge is 0.154 e. The first-order chi connectivity index (χ1) is 5.77. The number of aromatic nitrogens is 2. The maximum Gasteiger partial charge on any atom is 0.154 e. The van der Waals surface area contributed by atoms with Crippen molar-refractivity contribution in [2.75, 3.05) is 5.73 Å². The highest BCUT2D eigenvalue weighted by molar-refractivity contribution is 5.85. The maximum atomic E-state index is 5.45. The van der Waals surface area contributed by atoms with Gasteiger partial charge in [-0.2, -0.15) is 5.10 Å². The monoisotopic (exact) mass is 199 g/mol. The highest BCUT2D eigenvalue weighted by atomic mass is 35.5. The van der Waals surface area contributed by atoms with Crippen molar-refractivity contribution in [1.82, 2.24) is 10.2 Å². The van der Waals surface area contributed by atoms with E-state index < -0.39 is 0 Å². The molecule has 2 rings (SSSR count). The Morgan fingerprint density at radius 1 is 1.54 bits per heavy atom. The van der Waals surface area contributed by atoms with Gasteiger partial charge in [0.15, 0.2) is 5.76 Å². The van der Waals surface area contributed by atoms with Crippen molar-refractivity contribution in [2.24, 2.45) is 0 Å². The van der Waals surface area contributed by atoms with Crippen LogP contribution in [0.4, 0.5) is 5.82 Å². The number of furan rings is 1. The molecule has 0 unspecified atom stereocenters. The Balaban J connectivity index is 0.000000845. The van der Waals surface area contributed by atoms with Gasteiger partial charge in [0.1, 0.15) is 11.5 Å². The van der Waals surface area contributed by atoms with E-state index in [0.717, 1.165) is 17.0 Å². The molecule has 2 heterocycles. The van der Waals surface area contributed by atoms with Gasteiger partial charge >= 0.3 is 0 Å². The highest BCUT2D eigenvalue weighted by Gasteiger charge is 2.07. The number of nitrogens with zero attached hydrogens (tertiary/aromatic N) is 1. The van der Waals surface area contributed by atoms with Crippen molar-refractivity contribution >= 4 is 18.2 Å². The fraction of sp³-hybridized carbons (Fsp3) is 0.125. The molecule has 0 spiro atoms. The molecule has 0 aliphatic rings. The van der Waals surface area contributed by atoms with Crippen molar-refractivity contribution in [3.8, 4) is 11.5 Å². The molecule has 4 nitrogen and oxygen atoms in total. The summed E-state index contributed by atoms with van der Waals surface area (Å²) in [4.78, 5) is 0. The van der Waals surface area contributed by atoms with Gasteiger partial charge in [-0.1, -0.05) is 0 Å². The van der Waals surface area contributed by atoms with Crippen LogP contribution < -0.4 is 5.73 Å². The van der Waals surface area contributed by atoms with Gasteiger partial charge in [-0.25, -0.2) is 0 Å². The van der Waals surface area contributed by atoms with Crippen LogP contribution in [0.25, 0.3) is 11.5 Å². The zero-order valence-corrected chi connectivity index (χ0v) is 7.89. The minimum absolute atomic E-state index is 0. The number of nitrogen functional groups attached to an aromatic ring is 1. The number of hydrogen-bond donors (Lipinski definition) is 2. The van der Waals surface area contributed by atoms with E-state index in [1.807, 2.05) is 13.0 Å². The Morgan fingerprint density at radius 3 is 2.77 bits per heavy atom. The molecule has 2 aromatic rings. The number of aryl methyl sites for hydroxylation is 1. The molecule has 0 aliphatic carbocycles. The third-order valence-corrected chi connectivity index (χ3v) is 1.70. The van der Waals surface area contributed by atoms with Crippen LogP contribution in [0.1, 0.15) is 5.56 Å². The lowest BCUT2D eigenvalue weighted by Crippen LogP contribution is -1.81. The number of anilines is 1. The molecule has 0 aromatic carbocycles. The molecule has 5 heteroatoms. The van der Waals surface area contributed by atoms with Gasteiger partial charge in [-0.15, -0.1) is 12.4 Å². The molecule has 0 bridgehead atoms. The number of nitrogens with one attached hydrogen (secondary N) is 1. The standard InChI is InChI=1S/C8H9N3O.ClH/c1-5-2-3-12-8(5)6-4-7(9)11-10-6;/h2-4H,1H3,(H3,9,10,11);1H. The van der Waals surface area contributed by atoms with Crippen LogP contribution in [-0.4, -0.2) is 10.2 Å². The number of rotatable bonds is 1. The van der Waals surface area contributed by atoms with Crippen LogP contribution in [0.3, 0.4) is 0 Å². The number of halogens is 1. The summed E-state index contributed by atoms with van der Waals surface area (Å²) in [6.45, 7) is 1.97. The summed E-state index contributed by atoms with van der Waals surface area (Å²) >= 11 is 0. The molecule has 2 aromatic heterocycles. The molecule has 0 amide bonds. The molecule has 13 heavy (non-hydrogen) atoms. The SMILES string of the molecule is Cc1ccoc1-c1cc(N)n[nH]1.Cl. The minimum atomic E-state index is 0. The molecule has 0 saturated heterocycles. The van der Waals surface area contributed by atoms with Crippen LogP contribution in [-0.2, 0) is 0 Å². The van der Waals surface area contributed by atoms with Crippen molar-refractivity contribution in [2.45, 2.75) is 6.92 Å². The molecule has 0 fully saturated rings. The Morgan fingerprint density at radius 2 is 2.31 bits per heavy atom. The maximum absolute atomic E-state index is 5.45. The molecule has 0 saturated carbocycles. The van der Waals surface area contributed by atoms with Gasteiger partial charge in [0.25, 0.3) is 0 Å². The number of hydrogen-bond acceptors (Lipinski definition) is 3. The first kappa shape index (κ1) is 9.67. The van der Waals surface area contributed by atoms with E-state index in [9.17, 15) is 0 Å². The van der Waals surface area contributed by atoms with E-state index in [-0.39, 0.29) is 12.4 Å². The summed E-state index contributed by atoms with van der Waals surface area (Å²) in [6.07, 6.45) is 1.64. The fourth-order valence-corrected chi connectivity index (χ4v) is 1.10. The Labute approximate surface area is 81.5 Å². The Kier molecular flexibility index (Phi) is 2.63. The van der Waals surface area contributed by atoms with Gasteiger partial charge in [0.05, 0.1) is 6.26 Å². The molecule has 0 aliphatic heterocycles. The topological polar surface area (TPSA) is 67.8 Å². The second-order valence-corrected chi connectivity index (χ2v) is 2.64. The molecule has 0 atom stereocenters. The van der Waals surface area contributed by atoms with Crippen LogP contribution in [0.5, 0.6) is 0 Å². The van der Waals surface area contributed by atoms with Crippen LogP contribution >= 0.6 is 12.4 Å². The minimum Gasteiger partial charge on any atom is -0.462 e. The molecule has 0 radical (unpaired) electrons. The zero-order chi connectivity index (χ0) is 8.55. The average molecular weight is 200 g/mol. The van der Waals surface area contributed by atoms with E-state index in [1.54, 1.807) is 12.3 Å². The second kappa shape index (κ2) is 3.53. The van der Waals surface area contributed by atoms with E-state index in [1.165, 1.54) is 0 Å². The third kappa shape index (κ3) is 1.67. The quantitative estimate of drug-likeness (QED) is 0.738. The highest BCUT2D eigenvalue weighted by Crippen LogP contribution is 2.22. The van der Waals surface area contributed by atoms with Gasteiger partial charge in [-0.3, -0.25) is 5.10 Å². The lowest BCUT2D eigenvalue weighted by Gasteiger charge is -1.90. The number of H-pyrrole nitrogens is 1. The van der Waals surface area contributed by atoms with E-state index in [0.29, 0.717) is 5.82 Å². The first-order valence-corrected chi connectivity index (χ1v) is 3.63. The van der Waals surface area contributed by atoms with Crippen molar-refractivity contribution < 1.29 is 4.42 Å². The summed E-state index contributed by atoms with van der Waals surface area (Å²) in [5.74, 6) is 1.26. The Hall–Kier alpha value is -1.42. The Bertz CT molecular complexity index is 394. The summed E-state index contributed by atoms with van der Waals surface area (Å²) in [5, 5.41) is 6.59. The van der Waals surface area contributed by atoms with Gasteiger partial charge < -0.3 is 10.2 Å². The van der Waals surface area contributed by atoms with Crippen molar-refractivity contribution in [3.05, 3.63) is 24.0 Å². The zero-order valence-electron chi connectivity index (χ0n) is 7.07. The third-order valence-electron chi connectivity index (χ3n) is 1.70. The molecular formula is C8H10ClN3O. The first-order valence-electron chi connectivity index (χ1n) is 3.63. The predicted molar refractivity (Wildman–Crippen MR) is 52.7 cm³/mol. The summed E-state index contributed by atoms with van der Waals surface area (Å²) in [6, 6.07) is 3.64. The summed E-state index contributed by atoms with van der Waals surface area (Å²) in [5.41, 5.74) is 7.33. The predicted octanol–water partition coefficient (Wildman–Crippen LogP) is 1.98. The fourth-order valence-electron chi connectivity index (χ4n) is 1.10. The van der Waals surface area contributed by atoms with E-state index in [2.05, 4.69) is 10.2 Å². The lowest BCUT2D eigenvalue weighted by molar-refractivity contribution is 0.578. The number of aromatic amines is 1. The lowest BCUT2D eigenvalue weighted by atomic mass is 10.2. The normalized spacial score (nSPS) is 9.62. The van der Waals surface area contributed by atoms with Crippen molar-refractivity contribution in [3.63, 3.8) is 0 Å².